The molecular formula is C13H14N2O6. The first-order valence-electron chi connectivity index (χ1n) is 6.56. The minimum Gasteiger partial charge on any atom is -0.503 e. The topological polar surface area (TPSA) is 109 Å². The molecule has 3 heterocycles. The van der Waals surface area contributed by atoms with Gasteiger partial charge in [-0.2, -0.15) is 0 Å². The molecule has 8 nitrogen and oxygen atoms in total. The average molecular weight is 294 g/mol. The maximum Gasteiger partial charge on any atom is 0.341 e. The van der Waals surface area contributed by atoms with Crippen LogP contribution in [0.15, 0.2) is 11.0 Å². The van der Waals surface area contributed by atoms with E-state index in [1.807, 2.05) is 6.92 Å². The highest BCUT2D eigenvalue weighted by Crippen LogP contribution is 2.27. The Kier molecular flexibility index (Phi) is 2.98. The van der Waals surface area contributed by atoms with E-state index in [4.69, 9.17) is 9.84 Å². The molecule has 0 bridgehead atoms. The van der Waals surface area contributed by atoms with Crippen molar-refractivity contribution in [2.75, 3.05) is 6.54 Å². The smallest absolute Gasteiger partial charge is 0.341 e. The lowest BCUT2D eigenvalue weighted by Gasteiger charge is -2.42. The Labute approximate surface area is 119 Å². The lowest BCUT2D eigenvalue weighted by Crippen LogP contribution is -2.54. The van der Waals surface area contributed by atoms with Crippen LogP contribution in [-0.2, 0) is 11.3 Å². The number of carbonyl (C=O) groups excluding carboxylic acids is 1. The number of hydrogen-bond donors (Lipinski definition) is 2. The number of aromatic hydroxyl groups is 1. The van der Waals surface area contributed by atoms with Crippen LogP contribution in [0.4, 0.5) is 0 Å². The van der Waals surface area contributed by atoms with Crippen LogP contribution in [0.25, 0.3) is 0 Å². The third kappa shape index (κ3) is 1.99. The molecule has 112 valence electrons. The van der Waals surface area contributed by atoms with Crippen molar-refractivity contribution < 1.29 is 24.5 Å². The van der Waals surface area contributed by atoms with E-state index in [1.54, 1.807) is 0 Å². The predicted molar refractivity (Wildman–Crippen MR) is 69.3 cm³/mol. The first-order chi connectivity index (χ1) is 9.90. The van der Waals surface area contributed by atoms with Crippen LogP contribution in [0.3, 0.4) is 0 Å². The third-order valence-corrected chi connectivity index (χ3v) is 3.82. The average Bonchev–Trinajstić information content (AvgIpc) is 2.42. The maximum atomic E-state index is 12.4. The molecule has 0 saturated carbocycles. The molecule has 1 aromatic rings. The molecule has 1 fully saturated rings. The van der Waals surface area contributed by atoms with Crippen LogP contribution in [0.1, 0.15) is 34.2 Å². The number of nitrogens with zero attached hydrogens (tertiary/aromatic N) is 2. The normalized spacial score (nSPS) is 24.4. The summed E-state index contributed by atoms with van der Waals surface area (Å²) in [5, 5.41) is 18.9. The fourth-order valence-corrected chi connectivity index (χ4v) is 2.72. The number of ether oxygens (including phenoxy) is 1. The first-order valence-corrected chi connectivity index (χ1v) is 6.56. The number of pyridine rings is 1. The van der Waals surface area contributed by atoms with Crippen molar-refractivity contribution in [1.29, 1.82) is 0 Å². The Morgan fingerprint density at radius 3 is 2.81 bits per heavy atom. The van der Waals surface area contributed by atoms with Crippen LogP contribution < -0.4 is 5.43 Å². The zero-order valence-corrected chi connectivity index (χ0v) is 11.3. The Bertz CT molecular complexity index is 695. The van der Waals surface area contributed by atoms with E-state index in [2.05, 4.69) is 0 Å². The van der Waals surface area contributed by atoms with Gasteiger partial charge in [0.2, 0.25) is 5.43 Å². The van der Waals surface area contributed by atoms with Gasteiger partial charge < -0.3 is 24.4 Å². The van der Waals surface area contributed by atoms with Crippen molar-refractivity contribution in [3.8, 4) is 5.75 Å². The van der Waals surface area contributed by atoms with Crippen LogP contribution in [0, 0.1) is 0 Å². The summed E-state index contributed by atoms with van der Waals surface area (Å²) in [6.07, 6.45) is 1.22. The van der Waals surface area contributed by atoms with Gasteiger partial charge in [-0.1, -0.05) is 0 Å². The summed E-state index contributed by atoms with van der Waals surface area (Å²) in [6, 6.07) is 0. The van der Waals surface area contributed by atoms with E-state index in [0.29, 0.717) is 13.0 Å². The molecule has 0 radical (unpaired) electrons. The van der Waals surface area contributed by atoms with Crippen molar-refractivity contribution in [2.24, 2.45) is 0 Å². The summed E-state index contributed by atoms with van der Waals surface area (Å²) in [4.78, 5) is 36.7. The number of hydrogen-bond acceptors (Lipinski definition) is 5. The minimum absolute atomic E-state index is 0.00692. The summed E-state index contributed by atoms with van der Waals surface area (Å²) in [6.45, 7) is 2.54. The molecule has 2 aliphatic rings. The molecule has 1 amide bonds. The Hall–Kier alpha value is -2.35. The van der Waals surface area contributed by atoms with Crippen LogP contribution in [-0.4, -0.2) is 50.4 Å². The van der Waals surface area contributed by atoms with Crippen molar-refractivity contribution in [2.45, 2.75) is 32.2 Å². The molecule has 1 saturated heterocycles. The fourth-order valence-electron chi connectivity index (χ4n) is 2.72. The van der Waals surface area contributed by atoms with Gasteiger partial charge in [0.1, 0.15) is 5.56 Å². The Morgan fingerprint density at radius 2 is 2.14 bits per heavy atom. The van der Waals surface area contributed by atoms with Gasteiger partial charge >= 0.3 is 5.97 Å². The third-order valence-electron chi connectivity index (χ3n) is 3.82. The zero-order valence-electron chi connectivity index (χ0n) is 11.3. The molecule has 2 atom stereocenters. The lowest BCUT2D eigenvalue weighted by molar-refractivity contribution is -0.128. The number of rotatable bonds is 1. The summed E-state index contributed by atoms with van der Waals surface area (Å²) in [7, 11) is 0. The first kappa shape index (κ1) is 13.6. The molecular weight excluding hydrogens is 280 g/mol. The van der Waals surface area contributed by atoms with Gasteiger partial charge in [-0.15, -0.1) is 0 Å². The monoisotopic (exact) mass is 294 g/mol. The van der Waals surface area contributed by atoms with E-state index in [1.165, 1.54) is 9.47 Å². The van der Waals surface area contributed by atoms with Gasteiger partial charge in [-0.05, 0) is 13.3 Å². The molecule has 2 N–H and O–H groups in total. The number of fused-ring (bicyclic) bond motifs is 2. The fraction of sp³-hybridized carbons (Fsp3) is 0.462. The van der Waals surface area contributed by atoms with Gasteiger partial charge in [0.15, 0.2) is 17.7 Å². The molecule has 3 rings (SSSR count). The van der Waals surface area contributed by atoms with Crippen LogP contribution >= 0.6 is 0 Å². The Morgan fingerprint density at radius 1 is 1.43 bits per heavy atom. The second-order valence-corrected chi connectivity index (χ2v) is 5.22. The minimum atomic E-state index is -1.45. The van der Waals surface area contributed by atoms with Crippen molar-refractivity contribution >= 4 is 11.9 Å². The Balaban J connectivity index is 2.14. The molecule has 0 aromatic carbocycles. The summed E-state index contributed by atoms with van der Waals surface area (Å²) in [5.74, 6) is -2.79. The van der Waals surface area contributed by atoms with E-state index >= 15 is 0 Å². The lowest BCUT2D eigenvalue weighted by atomic mass is 10.1. The molecule has 21 heavy (non-hydrogen) atoms. The second-order valence-electron chi connectivity index (χ2n) is 5.22. The zero-order chi connectivity index (χ0) is 15.3. The van der Waals surface area contributed by atoms with Crippen molar-refractivity contribution in [3.63, 3.8) is 0 Å². The molecule has 8 heteroatoms. The molecule has 0 aliphatic carbocycles. The standard InChI is InChI=1S/C13H14N2O6/c1-6-2-3-15-8(21-6)5-14-4-7(13(19)20)10(16)11(17)9(14)12(15)18/h4,6,8,17H,2-3,5H2,1H3,(H,19,20)/t6?,8-/m0/s1. The molecule has 1 aromatic heterocycles. The number of aromatic nitrogens is 1. The second kappa shape index (κ2) is 4.59. The van der Waals surface area contributed by atoms with Gasteiger partial charge in [-0.3, -0.25) is 9.59 Å². The number of carbonyl (C=O) groups is 2. The summed E-state index contributed by atoms with van der Waals surface area (Å²) < 4.78 is 6.94. The molecule has 0 spiro atoms. The van der Waals surface area contributed by atoms with E-state index in [0.717, 1.165) is 6.20 Å². The van der Waals surface area contributed by atoms with E-state index in [-0.39, 0.29) is 18.3 Å². The summed E-state index contributed by atoms with van der Waals surface area (Å²) >= 11 is 0. The van der Waals surface area contributed by atoms with Gasteiger partial charge in [-0.25, -0.2) is 4.79 Å². The van der Waals surface area contributed by atoms with Gasteiger partial charge in [0.25, 0.3) is 5.91 Å². The number of carboxylic acid groups (broad SMARTS) is 1. The highest BCUT2D eigenvalue weighted by molar-refractivity contribution is 5.97. The van der Waals surface area contributed by atoms with E-state index in [9.17, 15) is 19.5 Å². The number of aromatic carboxylic acids is 1. The van der Waals surface area contributed by atoms with Crippen molar-refractivity contribution in [1.82, 2.24) is 9.47 Å². The largest absolute Gasteiger partial charge is 0.503 e. The summed E-state index contributed by atoms with van der Waals surface area (Å²) in [5.41, 5.74) is -1.80. The maximum absolute atomic E-state index is 12.4. The van der Waals surface area contributed by atoms with Gasteiger partial charge in [0.05, 0.1) is 12.6 Å². The SMILES string of the molecule is CC1CCN2C(=O)c3c(O)c(=O)c(C(=O)O)cn3C[C@@H]2O1. The van der Waals surface area contributed by atoms with Crippen LogP contribution in [0.2, 0.25) is 0 Å². The predicted octanol–water partition coefficient (Wildman–Crippen LogP) is -0.157. The number of amides is 1. The number of carboxylic acids is 1. The van der Waals surface area contributed by atoms with E-state index < -0.39 is 34.8 Å². The highest BCUT2D eigenvalue weighted by atomic mass is 16.5. The highest BCUT2D eigenvalue weighted by Gasteiger charge is 2.39. The van der Waals surface area contributed by atoms with Crippen LogP contribution in [0.5, 0.6) is 5.75 Å². The molecule has 2 aliphatic heterocycles. The van der Waals surface area contributed by atoms with Crippen molar-refractivity contribution in [3.05, 3.63) is 27.7 Å². The van der Waals surface area contributed by atoms with Gasteiger partial charge in [0, 0.05) is 12.7 Å². The molecule has 1 unspecified atom stereocenters. The quantitative estimate of drug-likeness (QED) is 0.745.